The predicted octanol–water partition coefficient (Wildman–Crippen LogP) is 1.26. The van der Waals surface area contributed by atoms with Gasteiger partial charge in [0.1, 0.15) is 6.54 Å². The second kappa shape index (κ2) is 4.85. The summed E-state index contributed by atoms with van der Waals surface area (Å²) in [4.78, 5) is 27.1. The molecule has 0 bridgehead atoms. The molecule has 92 valence electrons. The minimum absolute atomic E-state index is 0.0494. The van der Waals surface area contributed by atoms with Gasteiger partial charge in [-0.15, -0.1) is 0 Å². The van der Waals surface area contributed by atoms with E-state index in [2.05, 4.69) is 0 Å². The minimum atomic E-state index is -0.167. The van der Waals surface area contributed by atoms with Crippen molar-refractivity contribution in [1.82, 2.24) is 9.80 Å². The Morgan fingerprint density at radius 1 is 1.38 bits per heavy atom. The van der Waals surface area contributed by atoms with E-state index in [1.54, 1.807) is 9.80 Å². The number of nitrogens with zero attached hydrogens (tertiary/aromatic N) is 2. The highest BCUT2D eigenvalue weighted by molar-refractivity contribution is 5.86. The van der Waals surface area contributed by atoms with Gasteiger partial charge in [0.15, 0.2) is 0 Å². The predicted molar refractivity (Wildman–Crippen MR) is 63.0 cm³/mol. The van der Waals surface area contributed by atoms with Gasteiger partial charge in [0.2, 0.25) is 11.8 Å². The van der Waals surface area contributed by atoms with Crippen LogP contribution in [0.15, 0.2) is 0 Å². The van der Waals surface area contributed by atoms with Crippen LogP contribution < -0.4 is 0 Å². The lowest BCUT2D eigenvalue weighted by atomic mass is 10.0. The number of amides is 2. The third-order valence-corrected chi connectivity index (χ3v) is 3.39. The van der Waals surface area contributed by atoms with E-state index in [1.165, 1.54) is 0 Å². The Bertz CT molecular complexity index is 283. The van der Waals surface area contributed by atoms with Gasteiger partial charge in [0, 0.05) is 25.0 Å². The fourth-order valence-corrected chi connectivity index (χ4v) is 2.13. The van der Waals surface area contributed by atoms with Gasteiger partial charge in [-0.05, 0) is 34.1 Å². The van der Waals surface area contributed by atoms with Crippen LogP contribution in [0.4, 0.5) is 0 Å². The van der Waals surface area contributed by atoms with Crippen molar-refractivity contribution in [3.8, 4) is 0 Å². The van der Waals surface area contributed by atoms with Crippen molar-refractivity contribution in [2.24, 2.45) is 0 Å². The Morgan fingerprint density at radius 2 is 1.94 bits per heavy atom. The molecule has 0 aromatic heterocycles. The van der Waals surface area contributed by atoms with Crippen molar-refractivity contribution in [3.63, 3.8) is 0 Å². The normalized spacial score (nSPS) is 19.0. The van der Waals surface area contributed by atoms with Crippen LogP contribution in [-0.4, -0.2) is 46.8 Å². The third kappa shape index (κ3) is 2.54. The lowest BCUT2D eigenvalue weighted by Crippen LogP contribution is -2.47. The van der Waals surface area contributed by atoms with E-state index in [4.69, 9.17) is 0 Å². The zero-order chi connectivity index (χ0) is 12.3. The highest BCUT2D eigenvalue weighted by Crippen LogP contribution is 2.28. The number of likely N-dealkylation sites (N-methyl/N-ethyl adjacent to an activating group) is 1. The Kier molecular flexibility index (Phi) is 3.94. The van der Waals surface area contributed by atoms with E-state index in [1.807, 2.05) is 27.7 Å². The van der Waals surface area contributed by atoms with E-state index in [0.29, 0.717) is 19.5 Å². The monoisotopic (exact) mass is 226 g/mol. The third-order valence-electron chi connectivity index (χ3n) is 3.39. The molecule has 0 aliphatic carbocycles. The van der Waals surface area contributed by atoms with Crippen molar-refractivity contribution in [2.75, 3.05) is 19.6 Å². The molecule has 4 heteroatoms. The van der Waals surface area contributed by atoms with Crippen molar-refractivity contribution in [1.29, 1.82) is 0 Å². The van der Waals surface area contributed by atoms with Gasteiger partial charge < -0.3 is 9.80 Å². The Hall–Kier alpha value is -1.06. The summed E-state index contributed by atoms with van der Waals surface area (Å²) in [6.45, 7) is 9.60. The molecule has 0 aromatic carbocycles. The molecule has 0 radical (unpaired) electrons. The molecule has 0 N–H and O–H groups in total. The Balaban J connectivity index is 2.66. The molecule has 1 aliphatic rings. The molecule has 16 heavy (non-hydrogen) atoms. The van der Waals surface area contributed by atoms with Crippen molar-refractivity contribution < 1.29 is 9.59 Å². The quantitative estimate of drug-likeness (QED) is 0.724. The molecule has 1 fully saturated rings. The Morgan fingerprint density at radius 3 is 2.31 bits per heavy atom. The van der Waals surface area contributed by atoms with E-state index < -0.39 is 0 Å². The first-order chi connectivity index (χ1) is 7.42. The zero-order valence-electron chi connectivity index (χ0n) is 10.7. The first-order valence-electron chi connectivity index (χ1n) is 6.00. The number of hydrogen-bond acceptors (Lipinski definition) is 2. The molecule has 1 saturated heterocycles. The minimum Gasteiger partial charge on any atom is -0.342 e. The van der Waals surface area contributed by atoms with Gasteiger partial charge in [-0.25, -0.2) is 0 Å². The molecule has 1 aliphatic heterocycles. The molecule has 1 heterocycles. The van der Waals surface area contributed by atoms with Gasteiger partial charge in [0.25, 0.3) is 0 Å². The topological polar surface area (TPSA) is 40.6 Å². The van der Waals surface area contributed by atoms with Crippen LogP contribution >= 0.6 is 0 Å². The van der Waals surface area contributed by atoms with Crippen molar-refractivity contribution in [2.45, 2.75) is 46.1 Å². The summed E-state index contributed by atoms with van der Waals surface area (Å²) in [6, 6.07) is 0. The number of carbonyl (C=O) groups excluding carboxylic acids is 2. The second-order valence-electron chi connectivity index (χ2n) is 4.86. The van der Waals surface area contributed by atoms with Crippen LogP contribution in [0, 0.1) is 0 Å². The number of likely N-dealkylation sites (tertiary alicyclic amines) is 1. The summed E-state index contributed by atoms with van der Waals surface area (Å²) < 4.78 is 0. The number of hydrogen-bond donors (Lipinski definition) is 0. The average Bonchev–Trinajstić information content (AvgIpc) is 2.47. The van der Waals surface area contributed by atoms with Crippen LogP contribution in [-0.2, 0) is 9.59 Å². The first kappa shape index (κ1) is 13.0. The molecule has 0 aromatic rings. The highest BCUT2D eigenvalue weighted by atomic mass is 16.2. The summed E-state index contributed by atoms with van der Waals surface area (Å²) in [7, 11) is 0. The van der Waals surface area contributed by atoms with Crippen LogP contribution in [0.1, 0.15) is 40.5 Å². The number of carbonyl (C=O) groups is 2. The lowest BCUT2D eigenvalue weighted by Gasteiger charge is -2.32. The first-order valence-corrected chi connectivity index (χ1v) is 6.00. The average molecular weight is 226 g/mol. The number of rotatable bonds is 4. The van der Waals surface area contributed by atoms with E-state index in [9.17, 15) is 9.59 Å². The molecule has 0 atom stereocenters. The maximum Gasteiger partial charge on any atom is 0.242 e. The molecule has 4 nitrogen and oxygen atoms in total. The fourth-order valence-electron chi connectivity index (χ4n) is 2.13. The van der Waals surface area contributed by atoms with Crippen LogP contribution in [0.5, 0.6) is 0 Å². The standard InChI is InChI=1S/C12H22N2O2/c1-5-13(6-2)11(16)9-14-10(15)7-8-12(14,3)4/h5-9H2,1-4H3. The fraction of sp³-hybridized carbons (Fsp3) is 0.833. The molecule has 0 unspecified atom stereocenters. The van der Waals surface area contributed by atoms with Crippen LogP contribution in [0.2, 0.25) is 0 Å². The summed E-state index contributed by atoms with van der Waals surface area (Å²) >= 11 is 0. The molecule has 2 amide bonds. The van der Waals surface area contributed by atoms with Crippen molar-refractivity contribution in [3.05, 3.63) is 0 Å². The van der Waals surface area contributed by atoms with Gasteiger partial charge in [-0.3, -0.25) is 9.59 Å². The van der Waals surface area contributed by atoms with E-state index in [-0.39, 0.29) is 23.9 Å². The van der Waals surface area contributed by atoms with E-state index >= 15 is 0 Å². The highest BCUT2D eigenvalue weighted by Gasteiger charge is 2.38. The SMILES string of the molecule is CCN(CC)C(=O)CN1C(=O)CCC1(C)C. The second-order valence-corrected chi connectivity index (χ2v) is 4.86. The van der Waals surface area contributed by atoms with Crippen molar-refractivity contribution >= 4 is 11.8 Å². The summed E-state index contributed by atoms with van der Waals surface area (Å²) in [5.41, 5.74) is -0.167. The summed E-state index contributed by atoms with van der Waals surface area (Å²) in [5, 5.41) is 0. The van der Waals surface area contributed by atoms with E-state index in [0.717, 1.165) is 6.42 Å². The molecule has 0 spiro atoms. The van der Waals surface area contributed by atoms with Gasteiger partial charge >= 0.3 is 0 Å². The van der Waals surface area contributed by atoms with Crippen LogP contribution in [0.3, 0.4) is 0 Å². The van der Waals surface area contributed by atoms with Gasteiger partial charge in [0.05, 0.1) is 0 Å². The largest absolute Gasteiger partial charge is 0.342 e. The molecule has 1 rings (SSSR count). The van der Waals surface area contributed by atoms with Crippen LogP contribution in [0.25, 0.3) is 0 Å². The zero-order valence-corrected chi connectivity index (χ0v) is 10.7. The molecular formula is C12H22N2O2. The lowest BCUT2D eigenvalue weighted by molar-refractivity contribution is -0.140. The maximum atomic E-state index is 11.9. The van der Waals surface area contributed by atoms with Gasteiger partial charge in [-0.2, -0.15) is 0 Å². The summed E-state index contributed by atoms with van der Waals surface area (Å²) in [6.07, 6.45) is 1.41. The summed E-state index contributed by atoms with van der Waals surface area (Å²) in [5.74, 6) is 0.152. The molecule has 0 saturated carbocycles. The Labute approximate surface area is 97.6 Å². The van der Waals surface area contributed by atoms with Gasteiger partial charge in [-0.1, -0.05) is 0 Å². The smallest absolute Gasteiger partial charge is 0.242 e. The molecular weight excluding hydrogens is 204 g/mol. The maximum absolute atomic E-state index is 11.9.